The number of phenols is 2. The van der Waals surface area contributed by atoms with Crippen molar-refractivity contribution in [1.82, 2.24) is 0 Å². The first-order valence-electron chi connectivity index (χ1n) is 5.68. The average Bonchev–Trinajstić information content (AvgIpc) is 2.34. The number of nitrogens with one attached hydrogen (secondary N) is 1. The number of aromatic hydroxyl groups is 2. The van der Waals surface area contributed by atoms with Crippen LogP contribution in [-0.4, -0.2) is 10.2 Å². The van der Waals surface area contributed by atoms with Crippen molar-refractivity contribution in [2.45, 2.75) is 13.5 Å². The maximum Gasteiger partial charge on any atom is 0.124 e. The van der Waals surface area contributed by atoms with Crippen LogP contribution in [0.25, 0.3) is 0 Å². The average molecular weight is 298 g/mol. The number of halogens is 2. The first kappa shape index (κ1) is 13.8. The lowest BCUT2D eigenvalue weighted by molar-refractivity contribution is 0.446. The maximum atomic E-state index is 9.68. The predicted molar refractivity (Wildman–Crippen MR) is 78.3 cm³/mol. The van der Waals surface area contributed by atoms with E-state index in [9.17, 15) is 10.2 Å². The SMILES string of the molecule is Cc1cc(Cl)c(NCc2ccc(O)cc2O)cc1Cl. The fourth-order valence-corrected chi connectivity index (χ4v) is 2.12. The Labute approximate surface area is 121 Å². The number of rotatable bonds is 3. The van der Waals surface area contributed by atoms with Crippen LogP contribution in [0.3, 0.4) is 0 Å². The summed E-state index contributed by atoms with van der Waals surface area (Å²) in [4.78, 5) is 0. The molecule has 0 saturated carbocycles. The van der Waals surface area contributed by atoms with Crippen molar-refractivity contribution in [1.29, 1.82) is 0 Å². The number of anilines is 1. The number of benzene rings is 2. The van der Waals surface area contributed by atoms with Gasteiger partial charge in [0.2, 0.25) is 0 Å². The minimum Gasteiger partial charge on any atom is -0.508 e. The van der Waals surface area contributed by atoms with E-state index in [1.807, 2.05) is 6.92 Å². The van der Waals surface area contributed by atoms with Gasteiger partial charge in [0.15, 0.2) is 0 Å². The van der Waals surface area contributed by atoms with Gasteiger partial charge >= 0.3 is 0 Å². The second kappa shape index (κ2) is 5.59. The van der Waals surface area contributed by atoms with Crippen molar-refractivity contribution in [3.8, 4) is 11.5 Å². The molecule has 2 aromatic carbocycles. The summed E-state index contributed by atoms with van der Waals surface area (Å²) in [6.07, 6.45) is 0. The largest absolute Gasteiger partial charge is 0.508 e. The highest BCUT2D eigenvalue weighted by atomic mass is 35.5. The minimum absolute atomic E-state index is 0.0256. The molecule has 0 aliphatic rings. The molecule has 0 bridgehead atoms. The van der Waals surface area contributed by atoms with E-state index in [0.29, 0.717) is 27.8 Å². The topological polar surface area (TPSA) is 52.5 Å². The lowest BCUT2D eigenvalue weighted by Crippen LogP contribution is -2.00. The van der Waals surface area contributed by atoms with Crippen LogP contribution >= 0.6 is 23.2 Å². The summed E-state index contributed by atoms with van der Waals surface area (Å²) in [5.41, 5.74) is 2.26. The zero-order valence-corrected chi connectivity index (χ0v) is 11.8. The van der Waals surface area contributed by atoms with E-state index < -0.39 is 0 Å². The Morgan fingerprint density at radius 2 is 1.79 bits per heavy atom. The lowest BCUT2D eigenvalue weighted by atomic mass is 10.1. The van der Waals surface area contributed by atoms with Gasteiger partial charge < -0.3 is 15.5 Å². The van der Waals surface area contributed by atoms with Gasteiger partial charge in [0.05, 0.1) is 10.7 Å². The summed E-state index contributed by atoms with van der Waals surface area (Å²) < 4.78 is 0. The maximum absolute atomic E-state index is 9.68. The van der Waals surface area contributed by atoms with Crippen LogP contribution in [0.2, 0.25) is 10.0 Å². The summed E-state index contributed by atoms with van der Waals surface area (Å²) in [5.74, 6) is 0.0551. The molecule has 0 spiro atoms. The number of phenolic OH excluding ortho intramolecular Hbond substituents is 2. The summed E-state index contributed by atoms with van der Waals surface area (Å²) in [6, 6.07) is 7.97. The Hall–Kier alpha value is -1.58. The van der Waals surface area contributed by atoms with Crippen LogP contribution in [0.1, 0.15) is 11.1 Å². The number of hydrogen-bond donors (Lipinski definition) is 3. The van der Waals surface area contributed by atoms with Crippen molar-refractivity contribution in [3.05, 3.63) is 51.5 Å². The quantitative estimate of drug-likeness (QED) is 0.790. The van der Waals surface area contributed by atoms with Crippen molar-refractivity contribution in [2.24, 2.45) is 0 Å². The van der Waals surface area contributed by atoms with Gasteiger partial charge in [-0.15, -0.1) is 0 Å². The molecule has 2 rings (SSSR count). The first-order chi connectivity index (χ1) is 8.97. The molecule has 0 amide bonds. The highest BCUT2D eigenvalue weighted by Gasteiger charge is 2.06. The normalized spacial score (nSPS) is 10.5. The second-order valence-electron chi connectivity index (χ2n) is 4.25. The summed E-state index contributed by atoms with van der Waals surface area (Å²) in [6.45, 7) is 2.26. The third-order valence-electron chi connectivity index (χ3n) is 2.79. The van der Waals surface area contributed by atoms with Gasteiger partial charge in [-0.25, -0.2) is 0 Å². The molecular weight excluding hydrogens is 285 g/mol. The van der Waals surface area contributed by atoms with Gasteiger partial charge in [0, 0.05) is 23.2 Å². The standard InChI is InChI=1S/C14H13Cl2NO2/c1-8-4-12(16)13(6-11(8)15)17-7-9-2-3-10(18)5-14(9)19/h2-6,17-19H,7H2,1H3. The molecular formula is C14H13Cl2NO2. The molecule has 100 valence electrons. The molecule has 0 radical (unpaired) electrons. The monoisotopic (exact) mass is 297 g/mol. The van der Waals surface area contributed by atoms with E-state index in [4.69, 9.17) is 23.2 Å². The smallest absolute Gasteiger partial charge is 0.124 e. The van der Waals surface area contributed by atoms with Crippen LogP contribution in [0.15, 0.2) is 30.3 Å². The molecule has 5 heteroatoms. The third-order valence-corrected chi connectivity index (χ3v) is 3.51. The zero-order chi connectivity index (χ0) is 14.0. The van der Waals surface area contributed by atoms with E-state index >= 15 is 0 Å². The van der Waals surface area contributed by atoms with Gasteiger partial charge in [0.1, 0.15) is 11.5 Å². The lowest BCUT2D eigenvalue weighted by Gasteiger charge is -2.11. The first-order valence-corrected chi connectivity index (χ1v) is 6.43. The molecule has 2 aromatic rings. The third kappa shape index (κ3) is 3.25. The van der Waals surface area contributed by atoms with Crippen molar-refractivity contribution < 1.29 is 10.2 Å². The van der Waals surface area contributed by atoms with Crippen LogP contribution in [0.5, 0.6) is 11.5 Å². The van der Waals surface area contributed by atoms with Gasteiger partial charge in [-0.2, -0.15) is 0 Å². The van der Waals surface area contributed by atoms with Crippen LogP contribution in [0.4, 0.5) is 5.69 Å². The van der Waals surface area contributed by atoms with Crippen LogP contribution in [-0.2, 0) is 6.54 Å². The number of aryl methyl sites for hydroxylation is 1. The molecule has 0 fully saturated rings. The molecule has 0 aliphatic carbocycles. The Kier molecular flexibility index (Phi) is 4.08. The molecule has 3 nitrogen and oxygen atoms in total. The predicted octanol–water partition coefficient (Wildman–Crippen LogP) is 4.33. The Morgan fingerprint density at radius 3 is 2.47 bits per heavy atom. The fraction of sp³-hybridized carbons (Fsp3) is 0.143. The summed E-state index contributed by atoms with van der Waals surface area (Å²) >= 11 is 12.1. The van der Waals surface area contributed by atoms with E-state index in [1.165, 1.54) is 12.1 Å². The van der Waals surface area contributed by atoms with Gasteiger partial charge in [-0.3, -0.25) is 0 Å². The van der Waals surface area contributed by atoms with Gasteiger partial charge in [-0.1, -0.05) is 23.2 Å². The molecule has 0 saturated heterocycles. The van der Waals surface area contributed by atoms with Gasteiger partial charge in [0.25, 0.3) is 0 Å². The second-order valence-corrected chi connectivity index (χ2v) is 5.06. The van der Waals surface area contributed by atoms with Crippen molar-refractivity contribution >= 4 is 28.9 Å². The van der Waals surface area contributed by atoms with Crippen molar-refractivity contribution in [3.63, 3.8) is 0 Å². The Bertz CT molecular complexity index is 615. The molecule has 0 unspecified atom stereocenters. The summed E-state index contributed by atoms with van der Waals surface area (Å²) in [5, 5.41) is 23.2. The Morgan fingerprint density at radius 1 is 1.05 bits per heavy atom. The fourth-order valence-electron chi connectivity index (χ4n) is 1.67. The van der Waals surface area contributed by atoms with Crippen molar-refractivity contribution in [2.75, 3.05) is 5.32 Å². The summed E-state index contributed by atoms with van der Waals surface area (Å²) in [7, 11) is 0. The molecule has 0 aromatic heterocycles. The highest BCUT2D eigenvalue weighted by molar-refractivity contribution is 6.35. The molecule has 3 N–H and O–H groups in total. The number of hydrogen-bond acceptors (Lipinski definition) is 3. The van der Waals surface area contributed by atoms with Gasteiger partial charge in [-0.05, 0) is 36.8 Å². The Balaban J connectivity index is 2.16. The van der Waals surface area contributed by atoms with E-state index in [2.05, 4.69) is 5.32 Å². The molecule has 0 heterocycles. The highest BCUT2D eigenvalue weighted by Crippen LogP contribution is 2.30. The van der Waals surface area contributed by atoms with E-state index in [1.54, 1.807) is 18.2 Å². The molecule has 0 atom stereocenters. The zero-order valence-electron chi connectivity index (χ0n) is 10.2. The van der Waals surface area contributed by atoms with E-state index in [0.717, 1.165) is 5.56 Å². The van der Waals surface area contributed by atoms with Crippen LogP contribution in [0, 0.1) is 6.92 Å². The molecule has 19 heavy (non-hydrogen) atoms. The minimum atomic E-state index is 0.0256. The molecule has 0 aliphatic heterocycles. The van der Waals surface area contributed by atoms with E-state index in [-0.39, 0.29) is 11.5 Å². The van der Waals surface area contributed by atoms with Crippen LogP contribution < -0.4 is 5.32 Å².